The van der Waals surface area contributed by atoms with Crippen molar-refractivity contribution in [1.82, 2.24) is 0 Å². The molecule has 2 nitrogen and oxygen atoms in total. The molecule has 0 heterocycles. The van der Waals surface area contributed by atoms with Crippen LogP contribution in [0.1, 0.15) is 0 Å². The average molecular weight is 322 g/mol. The fourth-order valence-corrected chi connectivity index (χ4v) is 3.91. The predicted molar refractivity (Wildman–Crippen MR) is 75.6 cm³/mol. The first-order valence-corrected chi connectivity index (χ1v) is 9.63. The quantitative estimate of drug-likeness (QED) is 0.767. The molecule has 1 atom stereocenters. The van der Waals surface area contributed by atoms with Crippen molar-refractivity contribution in [2.75, 3.05) is 6.66 Å². The minimum Gasteiger partial charge on any atom is -0.147 e. The van der Waals surface area contributed by atoms with Crippen molar-refractivity contribution >= 4 is 19.6 Å². The summed E-state index contributed by atoms with van der Waals surface area (Å²) in [5, 5.41) is 0. The Morgan fingerprint density at radius 1 is 0.778 bits per heavy atom. The third-order valence-electron chi connectivity index (χ3n) is 2.00. The van der Waals surface area contributed by atoms with Gasteiger partial charge in [0.1, 0.15) is 0 Å². The van der Waals surface area contributed by atoms with Crippen LogP contribution in [0.4, 0.5) is 0 Å². The number of hydrogen-bond acceptors (Lipinski definition) is 2. The van der Waals surface area contributed by atoms with E-state index in [4.69, 9.17) is 7.58 Å². The van der Waals surface area contributed by atoms with Crippen LogP contribution in [0.3, 0.4) is 0 Å². The molecule has 2 rings (SSSR count). The van der Waals surface area contributed by atoms with Gasteiger partial charge < -0.3 is 0 Å². The summed E-state index contributed by atoms with van der Waals surface area (Å²) in [7, 11) is 0.681. The molecule has 0 aliphatic carbocycles. The number of halogens is 1. The normalized spacial score (nSPS) is 10.3. The maximum absolute atomic E-state index is 5.88. The fraction of sp³-hybridized carbons (Fsp3) is 0.0769. The summed E-state index contributed by atoms with van der Waals surface area (Å²) in [5.74, 6) is 1.78. The maximum atomic E-state index is 5.88. The second-order valence-electron chi connectivity index (χ2n) is 3.23. The SMILES string of the molecule is C[PH][Cr]([O]c1ccccc1)[O]c1ccccc1.Cl. The third-order valence-corrected chi connectivity index (χ3v) is 5.65. The van der Waals surface area contributed by atoms with Crippen LogP contribution in [0.5, 0.6) is 11.5 Å². The van der Waals surface area contributed by atoms with Gasteiger partial charge in [-0.3, -0.25) is 0 Å². The van der Waals surface area contributed by atoms with Gasteiger partial charge in [0, 0.05) is 0 Å². The number of para-hydroxylation sites is 2. The van der Waals surface area contributed by atoms with Gasteiger partial charge in [-0.1, -0.05) is 0 Å². The molecule has 0 amide bonds. The average Bonchev–Trinajstić information content (AvgIpc) is 2.40. The largest absolute Gasteiger partial charge is 0.147 e. The van der Waals surface area contributed by atoms with E-state index in [0.29, 0.717) is 7.23 Å². The molecule has 2 aromatic rings. The standard InChI is InChI=1S/2C6H6O.CH4P.ClH.Cr/c2*7-6-4-2-1-3-5-6;1-2;;/h2*1-5,7H;2H,1H3;1H;/q;;-1;;+3/p-2. The summed E-state index contributed by atoms with van der Waals surface area (Å²) < 4.78 is 11.8. The van der Waals surface area contributed by atoms with Crippen LogP contribution in [-0.2, 0) is 14.4 Å². The van der Waals surface area contributed by atoms with E-state index in [1.54, 1.807) is 0 Å². The zero-order chi connectivity index (χ0) is 11.9. The smallest absolute Gasteiger partial charge is 0.147 e. The van der Waals surface area contributed by atoms with Crippen LogP contribution in [0, 0.1) is 0 Å². The Bertz CT molecular complexity index is 400. The fourth-order valence-electron chi connectivity index (χ4n) is 1.23. The van der Waals surface area contributed by atoms with E-state index in [0.717, 1.165) is 11.5 Å². The Morgan fingerprint density at radius 2 is 1.17 bits per heavy atom. The molecule has 0 saturated carbocycles. The molecule has 0 radical (unpaired) electrons. The molecule has 0 aliphatic heterocycles. The van der Waals surface area contributed by atoms with Crippen LogP contribution in [0.15, 0.2) is 60.7 Å². The van der Waals surface area contributed by atoms with Crippen molar-refractivity contribution in [1.29, 1.82) is 0 Å². The molecule has 0 N–H and O–H groups in total. The molecule has 97 valence electrons. The molecule has 1 unspecified atom stereocenters. The summed E-state index contributed by atoms with van der Waals surface area (Å²) >= 11 is -1.50. The predicted octanol–water partition coefficient (Wildman–Crippen LogP) is 4.24. The molecular formula is C13H15ClCrO2P. The van der Waals surface area contributed by atoms with Gasteiger partial charge in [-0.05, 0) is 0 Å². The van der Waals surface area contributed by atoms with Gasteiger partial charge in [0.25, 0.3) is 0 Å². The van der Waals surface area contributed by atoms with Crippen molar-refractivity contribution in [3.05, 3.63) is 60.7 Å². The zero-order valence-corrected chi connectivity index (χ0v) is 13.0. The molecule has 0 saturated heterocycles. The van der Waals surface area contributed by atoms with Crippen molar-refractivity contribution in [2.24, 2.45) is 0 Å². The second kappa shape index (κ2) is 8.40. The first-order valence-electron chi connectivity index (χ1n) is 5.27. The van der Waals surface area contributed by atoms with Gasteiger partial charge in [0.2, 0.25) is 0 Å². The number of rotatable bonds is 5. The van der Waals surface area contributed by atoms with Crippen molar-refractivity contribution in [2.45, 2.75) is 0 Å². The monoisotopic (exact) mass is 321 g/mol. The van der Waals surface area contributed by atoms with E-state index in [1.165, 1.54) is 0 Å². The van der Waals surface area contributed by atoms with Gasteiger partial charge in [-0.2, -0.15) is 0 Å². The second-order valence-corrected chi connectivity index (χ2v) is 8.18. The van der Waals surface area contributed by atoms with Crippen LogP contribution in [0.25, 0.3) is 0 Å². The minimum atomic E-state index is -1.50. The molecule has 2 aromatic carbocycles. The molecule has 18 heavy (non-hydrogen) atoms. The van der Waals surface area contributed by atoms with Gasteiger partial charge >= 0.3 is 108 Å². The molecule has 0 aromatic heterocycles. The van der Waals surface area contributed by atoms with E-state index in [2.05, 4.69) is 6.66 Å². The Kier molecular flexibility index (Phi) is 7.17. The maximum Gasteiger partial charge on any atom is -0.147 e. The molecule has 5 heteroatoms. The number of hydrogen-bond donors (Lipinski definition) is 0. The number of benzene rings is 2. The van der Waals surface area contributed by atoms with Crippen molar-refractivity contribution in [3.63, 3.8) is 0 Å². The van der Waals surface area contributed by atoms with Crippen LogP contribution in [-0.4, -0.2) is 6.66 Å². The third kappa shape index (κ3) is 4.88. The van der Waals surface area contributed by atoms with Crippen LogP contribution < -0.4 is 7.58 Å². The van der Waals surface area contributed by atoms with Gasteiger partial charge in [0.05, 0.1) is 0 Å². The molecule has 0 fully saturated rings. The van der Waals surface area contributed by atoms with E-state index in [9.17, 15) is 0 Å². The van der Waals surface area contributed by atoms with Crippen molar-refractivity contribution < 1.29 is 21.9 Å². The Labute approximate surface area is 120 Å². The first-order chi connectivity index (χ1) is 8.38. The van der Waals surface area contributed by atoms with Gasteiger partial charge in [-0.25, -0.2) is 0 Å². The Hall–Kier alpha value is -0.708. The van der Waals surface area contributed by atoms with E-state index in [-0.39, 0.29) is 12.4 Å². The van der Waals surface area contributed by atoms with Crippen molar-refractivity contribution in [3.8, 4) is 11.5 Å². The summed E-state index contributed by atoms with van der Waals surface area (Å²) in [6, 6.07) is 19.7. The first kappa shape index (κ1) is 15.4. The van der Waals surface area contributed by atoms with E-state index >= 15 is 0 Å². The summed E-state index contributed by atoms with van der Waals surface area (Å²) in [5.41, 5.74) is 0. The van der Waals surface area contributed by atoms with Gasteiger partial charge in [-0.15, -0.1) is 12.4 Å². The van der Waals surface area contributed by atoms with Crippen LogP contribution >= 0.6 is 19.6 Å². The molecule has 0 aliphatic rings. The Morgan fingerprint density at radius 3 is 1.50 bits per heavy atom. The van der Waals surface area contributed by atoms with Gasteiger partial charge in [0.15, 0.2) is 0 Å². The zero-order valence-electron chi connectivity index (χ0n) is 9.91. The van der Waals surface area contributed by atoms with E-state index < -0.39 is 14.4 Å². The minimum absolute atomic E-state index is 0. The molecule has 0 bridgehead atoms. The van der Waals surface area contributed by atoms with E-state index in [1.807, 2.05) is 60.7 Å². The topological polar surface area (TPSA) is 18.5 Å². The molecular weight excluding hydrogens is 307 g/mol. The van der Waals surface area contributed by atoms with Crippen LogP contribution in [0.2, 0.25) is 0 Å². The summed E-state index contributed by atoms with van der Waals surface area (Å²) in [6.45, 7) is 2.12. The molecule has 0 spiro atoms. The summed E-state index contributed by atoms with van der Waals surface area (Å²) in [4.78, 5) is 0. The summed E-state index contributed by atoms with van der Waals surface area (Å²) in [6.07, 6.45) is 0. The Balaban J connectivity index is 0.00000162.